The molecule has 0 radical (unpaired) electrons. The van der Waals surface area contributed by atoms with Crippen LogP contribution in [0.1, 0.15) is 34.6 Å². The molecule has 3 unspecified atom stereocenters. The van der Waals surface area contributed by atoms with E-state index < -0.39 is 35.2 Å². The summed E-state index contributed by atoms with van der Waals surface area (Å²) in [6.45, 7) is 2.40. The molecule has 0 fully saturated rings. The summed E-state index contributed by atoms with van der Waals surface area (Å²) in [7, 11) is 0. The lowest BCUT2D eigenvalue weighted by molar-refractivity contribution is -0.159. The van der Waals surface area contributed by atoms with Gasteiger partial charge in [0.05, 0.1) is 5.57 Å². The number of hydrogen-bond acceptors (Lipinski definition) is 6. The Hall–Kier alpha value is -2.31. The summed E-state index contributed by atoms with van der Waals surface area (Å²) in [6, 6.07) is 6.16. The van der Waals surface area contributed by atoms with Gasteiger partial charge in [-0.15, -0.1) is 0 Å². The van der Waals surface area contributed by atoms with Gasteiger partial charge in [0, 0.05) is 11.1 Å². The predicted molar refractivity (Wildman–Crippen MR) is 74.3 cm³/mol. The van der Waals surface area contributed by atoms with Crippen LogP contribution in [0.25, 0.3) is 0 Å². The molecule has 0 spiro atoms. The molecule has 22 heavy (non-hydrogen) atoms. The number of benzene rings is 1. The van der Waals surface area contributed by atoms with Crippen LogP contribution in [0, 0.1) is 0 Å². The van der Waals surface area contributed by atoms with Crippen molar-refractivity contribution in [2.75, 3.05) is 0 Å². The van der Waals surface area contributed by atoms with Crippen molar-refractivity contribution in [2.45, 2.75) is 31.7 Å². The van der Waals surface area contributed by atoms with E-state index in [4.69, 9.17) is 4.74 Å². The van der Waals surface area contributed by atoms with E-state index in [0.29, 0.717) is 0 Å². The van der Waals surface area contributed by atoms with Crippen molar-refractivity contribution in [3.63, 3.8) is 0 Å². The zero-order valence-corrected chi connectivity index (χ0v) is 12.0. The number of allylic oxidation sites excluding steroid dienone is 1. The third kappa shape index (κ3) is 1.59. The highest BCUT2D eigenvalue weighted by atomic mass is 16.5. The van der Waals surface area contributed by atoms with Gasteiger partial charge < -0.3 is 14.9 Å². The average molecular weight is 302 g/mol. The summed E-state index contributed by atoms with van der Waals surface area (Å²) in [5, 5.41) is 20.4. The van der Waals surface area contributed by atoms with Crippen LogP contribution in [0.3, 0.4) is 0 Å². The maximum absolute atomic E-state index is 12.5. The van der Waals surface area contributed by atoms with Gasteiger partial charge in [0.2, 0.25) is 11.4 Å². The van der Waals surface area contributed by atoms with E-state index in [1.807, 2.05) is 0 Å². The number of aliphatic hydroxyl groups is 2. The second-order valence-electron chi connectivity index (χ2n) is 5.48. The Morgan fingerprint density at radius 1 is 1.23 bits per heavy atom. The number of fused-ring (bicyclic) bond motifs is 1. The second kappa shape index (κ2) is 4.59. The topological polar surface area (TPSA) is 101 Å². The molecule has 1 aromatic rings. The monoisotopic (exact) mass is 302 g/mol. The first-order valence-corrected chi connectivity index (χ1v) is 6.81. The molecule has 0 saturated heterocycles. The lowest BCUT2D eigenvalue weighted by atomic mass is 9.80. The molecule has 0 amide bonds. The van der Waals surface area contributed by atoms with Gasteiger partial charge >= 0.3 is 0 Å². The summed E-state index contributed by atoms with van der Waals surface area (Å²) < 4.78 is 5.39. The summed E-state index contributed by atoms with van der Waals surface area (Å²) in [5.41, 5.74) is -1.99. The molecule has 114 valence electrons. The second-order valence-corrected chi connectivity index (χ2v) is 5.48. The van der Waals surface area contributed by atoms with Gasteiger partial charge in [-0.1, -0.05) is 24.3 Å². The van der Waals surface area contributed by atoms with E-state index in [-0.39, 0.29) is 22.5 Å². The number of rotatable bonds is 2. The first-order valence-electron chi connectivity index (χ1n) is 6.81. The van der Waals surface area contributed by atoms with E-state index in [2.05, 4.69) is 0 Å². The van der Waals surface area contributed by atoms with Gasteiger partial charge in [-0.3, -0.25) is 14.4 Å². The minimum Gasteiger partial charge on any atom is -0.469 e. The van der Waals surface area contributed by atoms with Crippen LogP contribution in [-0.4, -0.2) is 45.4 Å². The minimum absolute atomic E-state index is 0.152. The van der Waals surface area contributed by atoms with Crippen molar-refractivity contribution in [3.8, 4) is 0 Å². The molecular weight excluding hydrogens is 288 g/mol. The zero-order valence-electron chi connectivity index (χ0n) is 12.0. The van der Waals surface area contributed by atoms with Crippen molar-refractivity contribution < 1.29 is 29.3 Å². The van der Waals surface area contributed by atoms with Crippen molar-refractivity contribution in [2.24, 2.45) is 0 Å². The molecule has 3 rings (SSSR count). The first kappa shape index (κ1) is 14.6. The van der Waals surface area contributed by atoms with Crippen molar-refractivity contribution in [3.05, 3.63) is 46.7 Å². The molecular formula is C16H14O6. The molecule has 0 bridgehead atoms. The van der Waals surface area contributed by atoms with Crippen LogP contribution in [0.5, 0.6) is 0 Å². The lowest BCUT2D eigenvalue weighted by Crippen LogP contribution is -2.56. The minimum atomic E-state index is -2.03. The number of ketones is 3. The van der Waals surface area contributed by atoms with Crippen LogP contribution >= 0.6 is 0 Å². The highest BCUT2D eigenvalue weighted by molar-refractivity contribution is 6.27. The molecule has 1 aromatic carbocycles. The average Bonchev–Trinajstić information content (AvgIpc) is 2.80. The summed E-state index contributed by atoms with van der Waals surface area (Å²) in [5.74, 6) is -2.16. The lowest BCUT2D eigenvalue weighted by Gasteiger charge is -2.32. The van der Waals surface area contributed by atoms with Crippen LogP contribution in [-0.2, 0) is 9.53 Å². The van der Waals surface area contributed by atoms with E-state index in [1.165, 1.54) is 19.1 Å². The van der Waals surface area contributed by atoms with Gasteiger partial charge in [-0.05, 0) is 13.8 Å². The molecule has 3 atom stereocenters. The number of hydrogen-bond donors (Lipinski definition) is 2. The maximum atomic E-state index is 12.5. The first-order chi connectivity index (χ1) is 10.3. The Morgan fingerprint density at radius 2 is 1.77 bits per heavy atom. The van der Waals surface area contributed by atoms with E-state index in [0.717, 1.165) is 6.92 Å². The number of carbonyl (C=O) groups is 3. The molecule has 0 aromatic heterocycles. The van der Waals surface area contributed by atoms with Crippen LogP contribution in [0.15, 0.2) is 35.6 Å². The largest absolute Gasteiger partial charge is 0.469 e. The normalized spacial score (nSPS) is 28.1. The van der Waals surface area contributed by atoms with Crippen molar-refractivity contribution >= 4 is 17.3 Å². The van der Waals surface area contributed by atoms with Crippen molar-refractivity contribution in [1.82, 2.24) is 0 Å². The third-order valence-electron chi connectivity index (χ3n) is 4.23. The molecule has 0 saturated carbocycles. The highest BCUT2D eigenvalue weighted by Crippen LogP contribution is 2.43. The van der Waals surface area contributed by atoms with E-state index in [1.54, 1.807) is 12.1 Å². The molecule has 6 nitrogen and oxygen atoms in total. The number of carbonyl (C=O) groups excluding carboxylic acids is 3. The fourth-order valence-corrected chi connectivity index (χ4v) is 3.03. The van der Waals surface area contributed by atoms with E-state index in [9.17, 15) is 24.6 Å². The number of aliphatic hydroxyl groups excluding tert-OH is 2. The quantitative estimate of drug-likeness (QED) is 0.821. The van der Waals surface area contributed by atoms with Crippen LogP contribution in [0.4, 0.5) is 0 Å². The van der Waals surface area contributed by atoms with Gasteiger partial charge in [0.1, 0.15) is 12.2 Å². The Labute approximate surface area is 126 Å². The van der Waals surface area contributed by atoms with Gasteiger partial charge in [0.15, 0.2) is 17.3 Å². The summed E-state index contributed by atoms with van der Waals surface area (Å²) >= 11 is 0. The fourth-order valence-electron chi connectivity index (χ4n) is 3.03. The zero-order chi connectivity index (χ0) is 16.2. The predicted octanol–water partition coefficient (Wildman–Crippen LogP) is 0.419. The standard InChI is InChI=1S/C16H14O6/c1-7(17)16(8(2)18)15(21)11-12(19)9-5-3-4-6-10(9)13(20)14(11)22-16/h3-7,15,17,21H,1-2H3. The fraction of sp³-hybridized carbons (Fsp3) is 0.312. The van der Waals surface area contributed by atoms with E-state index >= 15 is 0 Å². The number of ether oxygens (including phenoxy) is 1. The smallest absolute Gasteiger partial charge is 0.228 e. The SMILES string of the molecule is CC(=O)C1(C(C)O)OC2=C(C(=O)c3ccccc3C2=O)C1O. The Balaban J connectivity index is 2.19. The Kier molecular flexibility index (Phi) is 3.05. The summed E-state index contributed by atoms with van der Waals surface area (Å²) in [6.07, 6.45) is -3.08. The molecule has 1 aliphatic carbocycles. The molecule has 1 heterocycles. The van der Waals surface area contributed by atoms with Crippen LogP contribution < -0.4 is 0 Å². The highest BCUT2D eigenvalue weighted by Gasteiger charge is 2.60. The molecule has 6 heteroatoms. The van der Waals surface area contributed by atoms with Crippen LogP contribution in [0.2, 0.25) is 0 Å². The third-order valence-corrected chi connectivity index (χ3v) is 4.23. The molecule has 2 N–H and O–H groups in total. The maximum Gasteiger partial charge on any atom is 0.228 e. The molecule has 1 aliphatic heterocycles. The van der Waals surface area contributed by atoms with Gasteiger partial charge in [-0.25, -0.2) is 0 Å². The Morgan fingerprint density at radius 3 is 2.27 bits per heavy atom. The van der Waals surface area contributed by atoms with Gasteiger partial charge in [-0.2, -0.15) is 0 Å². The number of Topliss-reactive ketones (excluding diaryl/α,β-unsaturated/α-hetero) is 3. The Bertz CT molecular complexity index is 745. The van der Waals surface area contributed by atoms with Crippen molar-refractivity contribution in [1.29, 1.82) is 0 Å². The molecule has 2 aliphatic rings. The van der Waals surface area contributed by atoms with Gasteiger partial charge in [0.25, 0.3) is 0 Å². The summed E-state index contributed by atoms with van der Waals surface area (Å²) in [4.78, 5) is 37.0.